The zero-order chi connectivity index (χ0) is 14.4. The molecule has 3 heteroatoms. The Hall–Kier alpha value is -0.120. The van der Waals surface area contributed by atoms with Gasteiger partial charge in [-0.1, -0.05) is 19.3 Å². The van der Waals surface area contributed by atoms with Gasteiger partial charge in [0.2, 0.25) is 0 Å². The van der Waals surface area contributed by atoms with Gasteiger partial charge in [-0.05, 0) is 57.9 Å². The molecular weight excluding hydrogens is 248 g/mol. The highest BCUT2D eigenvalue weighted by Crippen LogP contribution is 2.25. The van der Waals surface area contributed by atoms with Crippen molar-refractivity contribution in [1.82, 2.24) is 10.2 Å². The van der Waals surface area contributed by atoms with Gasteiger partial charge in [0.05, 0.1) is 0 Å². The number of likely N-dealkylation sites (tertiary alicyclic amines) is 1. The van der Waals surface area contributed by atoms with Crippen LogP contribution in [-0.2, 0) is 0 Å². The van der Waals surface area contributed by atoms with Crippen LogP contribution < -0.4 is 5.32 Å². The van der Waals surface area contributed by atoms with E-state index in [2.05, 4.69) is 24.1 Å². The molecule has 2 N–H and O–H groups in total. The summed E-state index contributed by atoms with van der Waals surface area (Å²) < 4.78 is 0. The molecule has 3 nitrogen and oxygen atoms in total. The Bertz CT molecular complexity index is 264. The first-order valence-corrected chi connectivity index (χ1v) is 8.77. The average Bonchev–Trinajstić information content (AvgIpc) is 2.46. The predicted molar refractivity (Wildman–Crippen MR) is 84.9 cm³/mol. The lowest BCUT2D eigenvalue weighted by Crippen LogP contribution is -2.52. The Balaban J connectivity index is 1.78. The summed E-state index contributed by atoms with van der Waals surface area (Å²) in [4.78, 5) is 2.59. The third-order valence-electron chi connectivity index (χ3n) is 5.25. The zero-order valence-corrected chi connectivity index (χ0v) is 13.5. The Morgan fingerprint density at radius 3 is 2.50 bits per heavy atom. The van der Waals surface area contributed by atoms with Crippen LogP contribution in [0.1, 0.15) is 58.8 Å². The van der Waals surface area contributed by atoms with Crippen LogP contribution in [0.5, 0.6) is 0 Å². The maximum atomic E-state index is 9.22. The van der Waals surface area contributed by atoms with Crippen molar-refractivity contribution in [2.24, 2.45) is 11.8 Å². The summed E-state index contributed by atoms with van der Waals surface area (Å²) in [7, 11) is 0. The van der Waals surface area contributed by atoms with Crippen molar-refractivity contribution in [1.29, 1.82) is 0 Å². The lowest BCUT2D eigenvalue weighted by atomic mass is 9.87. The Kier molecular flexibility index (Phi) is 6.79. The molecule has 0 aromatic carbocycles. The van der Waals surface area contributed by atoms with Gasteiger partial charge in [0, 0.05) is 31.8 Å². The van der Waals surface area contributed by atoms with Crippen molar-refractivity contribution >= 4 is 0 Å². The van der Waals surface area contributed by atoms with Gasteiger partial charge in [-0.2, -0.15) is 0 Å². The highest BCUT2D eigenvalue weighted by Gasteiger charge is 2.28. The van der Waals surface area contributed by atoms with Gasteiger partial charge in [-0.3, -0.25) is 4.90 Å². The highest BCUT2D eigenvalue weighted by atomic mass is 16.3. The van der Waals surface area contributed by atoms with Crippen molar-refractivity contribution in [3.8, 4) is 0 Å². The monoisotopic (exact) mass is 282 g/mol. The third kappa shape index (κ3) is 5.01. The van der Waals surface area contributed by atoms with Gasteiger partial charge in [0.1, 0.15) is 0 Å². The molecule has 0 radical (unpaired) electrons. The van der Waals surface area contributed by atoms with Gasteiger partial charge in [0.15, 0.2) is 0 Å². The first-order valence-electron chi connectivity index (χ1n) is 8.77. The van der Waals surface area contributed by atoms with Crippen molar-refractivity contribution in [3.63, 3.8) is 0 Å². The molecule has 2 aliphatic rings. The minimum Gasteiger partial charge on any atom is -0.396 e. The van der Waals surface area contributed by atoms with Crippen molar-refractivity contribution in [2.75, 3.05) is 26.2 Å². The molecule has 1 saturated heterocycles. The standard InChI is InChI=1S/C17H34N2O/c1-14(2)19-12-16(8-9-20)10-17(13-19)18-11-15-6-4-3-5-7-15/h14-18,20H,3-13H2,1-2H3. The molecule has 1 heterocycles. The molecule has 2 unspecified atom stereocenters. The number of nitrogens with one attached hydrogen (secondary N) is 1. The molecule has 2 fully saturated rings. The van der Waals surface area contributed by atoms with Gasteiger partial charge in [-0.25, -0.2) is 0 Å². The minimum absolute atomic E-state index is 0.339. The quantitative estimate of drug-likeness (QED) is 0.786. The van der Waals surface area contributed by atoms with Gasteiger partial charge < -0.3 is 10.4 Å². The summed E-state index contributed by atoms with van der Waals surface area (Å²) in [5.41, 5.74) is 0. The summed E-state index contributed by atoms with van der Waals surface area (Å²) in [6.45, 7) is 8.49. The second-order valence-electron chi connectivity index (χ2n) is 7.27. The number of hydrogen-bond donors (Lipinski definition) is 2. The summed E-state index contributed by atoms with van der Waals surface area (Å²) in [6, 6.07) is 1.25. The Morgan fingerprint density at radius 2 is 1.85 bits per heavy atom. The van der Waals surface area contributed by atoms with Crippen LogP contribution >= 0.6 is 0 Å². The number of aliphatic hydroxyl groups excluding tert-OH is 1. The molecule has 1 aliphatic heterocycles. The van der Waals surface area contributed by atoms with Crippen molar-refractivity contribution < 1.29 is 5.11 Å². The largest absolute Gasteiger partial charge is 0.396 e. The summed E-state index contributed by atoms with van der Waals surface area (Å²) in [6.07, 6.45) is 9.37. The molecular formula is C17H34N2O. The topological polar surface area (TPSA) is 35.5 Å². The second kappa shape index (κ2) is 8.35. The molecule has 2 atom stereocenters. The van der Waals surface area contributed by atoms with Crippen molar-refractivity contribution in [2.45, 2.75) is 70.9 Å². The van der Waals surface area contributed by atoms with Crippen LogP contribution in [0, 0.1) is 11.8 Å². The van der Waals surface area contributed by atoms with E-state index in [4.69, 9.17) is 0 Å². The van der Waals surface area contributed by atoms with Crippen LogP contribution in [0.25, 0.3) is 0 Å². The van der Waals surface area contributed by atoms with E-state index in [1.54, 1.807) is 0 Å². The molecule has 1 aliphatic carbocycles. The average molecular weight is 282 g/mol. The van der Waals surface area contributed by atoms with E-state index < -0.39 is 0 Å². The van der Waals surface area contributed by atoms with Crippen LogP contribution in [0.15, 0.2) is 0 Å². The fraction of sp³-hybridized carbons (Fsp3) is 1.00. The maximum absolute atomic E-state index is 9.22. The summed E-state index contributed by atoms with van der Waals surface area (Å²) in [5, 5.41) is 13.1. The number of piperidine rings is 1. The Morgan fingerprint density at radius 1 is 1.10 bits per heavy atom. The molecule has 118 valence electrons. The molecule has 0 aromatic heterocycles. The van der Waals surface area contributed by atoms with Gasteiger partial charge >= 0.3 is 0 Å². The molecule has 2 rings (SSSR count). The lowest BCUT2D eigenvalue weighted by molar-refractivity contribution is 0.0942. The number of rotatable bonds is 6. The number of nitrogens with zero attached hydrogens (tertiary/aromatic N) is 1. The van der Waals surface area contributed by atoms with E-state index in [9.17, 15) is 5.11 Å². The van der Waals surface area contributed by atoms with Crippen molar-refractivity contribution in [3.05, 3.63) is 0 Å². The van der Waals surface area contributed by atoms with E-state index in [1.807, 2.05) is 0 Å². The zero-order valence-electron chi connectivity index (χ0n) is 13.5. The summed E-state index contributed by atoms with van der Waals surface area (Å²) >= 11 is 0. The van der Waals surface area contributed by atoms with E-state index in [0.29, 0.717) is 24.6 Å². The van der Waals surface area contributed by atoms with Crippen LogP contribution in [-0.4, -0.2) is 48.3 Å². The smallest absolute Gasteiger partial charge is 0.0434 e. The van der Waals surface area contributed by atoms with Crippen LogP contribution in [0.3, 0.4) is 0 Å². The van der Waals surface area contributed by atoms with Gasteiger partial charge in [-0.15, -0.1) is 0 Å². The predicted octanol–water partition coefficient (Wildman–Crippen LogP) is 2.64. The number of hydrogen-bond acceptors (Lipinski definition) is 3. The van der Waals surface area contributed by atoms with Crippen LogP contribution in [0.4, 0.5) is 0 Å². The molecule has 0 amide bonds. The molecule has 0 bridgehead atoms. The van der Waals surface area contributed by atoms with E-state index in [0.717, 1.165) is 12.3 Å². The van der Waals surface area contributed by atoms with E-state index in [-0.39, 0.29) is 0 Å². The van der Waals surface area contributed by atoms with Crippen LogP contribution in [0.2, 0.25) is 0 Å². The highest BCUT2D eigenvalue weighted by molar-refractivity contribution is 4.85. The molecule has 20 heavy (non-hydrogen) atoms. The lowest BCUT2D eigenvalue weighted by Gasteiger charge is -2.41. The molecule has 0 aromatic rings. The number of aliphatic hydroxyl groups is 1. The summed E-state index contributed by atoms with van der Waals surface area (Å²) in [5.74, 6) is 1.58. The van der Waals surface area contributed by atoms with Gasteiger partial charge in [0.25, 0.3) is 0 Å². The third-order valence-corrected chi connectivity index (χ3v) is 5.25. The SMILES string of the molecule is CC(C)N1CC(CCO)CC(NCC2CCCCC2)C1. The van der Waals surface area contributed by atoms with E-state index >= 15 is 0 Å². The minimum atomic E-state index is 0.339. The maximum Gasteiger partial charge on any atom is 0.0434 e. The molecule has 1 saturated carbocycles. The second-order valence-corrected chi connectivity index (χ2v) is 7.27. The normalized spacial score (nSPS) is 30.0. The van der Waals surface area contributed by atoms with E-state index in [1.165, 1.54) is 58.2 Å². The first-order chi connectivity index (χ1) is 9.69. The fourth-order valence-electron chi connectivity index (χ4n) is 3.93. The first kappa shape index (κ1) is 16.3. The molecule has 0 spiro atoms. The fourth-order valence-corrected chi connectivity index (χ4v) is 3.93. The Labute approximate surface area is 125 Å².